The van der Waals surface area contributed by atoms with Crippen molar-refractivity contribution >= 4 is 25.5 Å². The number of carboxylic acids is 2. The maximum atomic E-state index is 11.4. The third-order valence-electron chi connectivity index (χ3n) is 7.34. The quantitative estimate of drug-likeness (QED) is 0.122. The Kier molecular flexibility index (Phi) is 16.5. The van der Waals surface area contributed by atoms with Crippen LogP contribution in [0.15, 0.2) is 29.8 Å². The number of hydrogen-bond acceptors (Lipinski definition) is 9. The average Bonchev–Trinajstić information content (AvgIpc) is 2.70. The molecule has 9 nitrogen and oxygen atoms in total. The molecule has 0 radical (unpaired) electrons. The van der Waals surface area contributed by atoms with Gasteiger partial charge in [0, 0.05) is 11.0 Å². The molecule has 0 aliphatic heterocycles. The summed E-state index contributed by atoms with van der Waals surface area (Å²) in [6.07, 6.45) is 4.96. The van der Waals surface area contributed by atoms with E-state index < -0.39 is 25.2 Å². The van der Waals surface area contributed by atoms with Gasteiger partial charge in [0.2, 0.25) is 0 Å². The number of phosphoric ester groups is 1. The van der Waals surface area contributed by atoms with Crippen LogP contribution in [0.1, 0.15) is 51.0 Å². The van der Waals surface area contributed by atoms with Crippen LogP contribution < -0.4 is 143 Å². The van der Waals surface area contributed by atoms with Gasteiger partial charge in [-0.2, -0.15) is 0 Å². The largest absolute Gasteiger partial charge is 1.00 e. The van der Waals surface area contributed by atoms with Gasteiger partial charge in [-0.15, -0.1) is 0 Å². The van der Waals surface area contributed by atoms with E-state index in [1.165, 1.54) is 24.6 Å². The average molecular weight is 568 g/mol. The van der Waals surface area contributed by atoms with Gasteiger partial charge >= 0.3 is 118 Å². The van der Waals surface area contributed by atoms with Crippen LogP contribution in [0.2, 0.25) is 0 Å². The molecule has 1 aromatic rings. The molecule has 180 valence electrons. The molecule has 4 aliphatic rings. The fraction of sp³-hybridized carbons (Fsp3) is 0.565. The second-order valence-electron chi connectivity index (χ2n) is 9.66. The van der Waals surface area contributed by atoms with E-state index in [-0.39, 0.29) is 137 Å². The maximum absolute atomic E-state index is 11.4. The number of benzene rings is 1. The van der Waals surface area contributed by atoms with Gasteiger partial charge in [-0.1, -0.05) is 12.1 Å². The zero-order valence-corrected chi connectivity index (χ0v) is 31.1. The Bertz CT molecular complexity index is 999. The number of rotatable bonds is 9. The van der Waals surface area contributed by atoms with Gasteiger partial charge in [-0.25, -0.2) is 0 Å². The van der Waals surface area contributed by atoms with Crippen LogP contribution in [0.25, 0.3) is 5.76 Å². The van der Waals surface area contributed by atoms with Crippen molar-refractivity contribution in [2.45, 2.75) is 45.4 Å². The topological polar surface area (TPSA) is 162 Å². The smallest absolute Gasteiger partial charge is 0.780 e. The first-order valence-corrected chi connectivity index (χ1v) is 12.5. The van der Waals surface area contributed by atoms with Gasteiger partial charge in [-0.3, -0.25) is 0 Å². The van der Waals surface area contributed by atoms with E-state index in [2.05, 4.69) is 4.52 Å². The normalized spacial score (nSPS) is 23.4. The SMILES string of the molecule is CC(CCOC(=C1C2CC3CC(C2)CC1C3)c1cccc(OP(=O)([O-])[O-])c1)(C(=O)[O-])C(=O)[O-].[Na+].[Na+].[Na+].[Na+]. The van der Waals surface area contributed by atoms with Gasteiger partial charge in [0.05, 0.1) is 18.5 Å². The first-order valence-electron chi connectivity index (χ1n) is 11.1. The first kappa shape index (κ1) is 38.6. The van der Waals surface area contributed by atoms with Crippen LogP contribution in [0.3, 0.4) is 0 Å². The summed E-state index contributed by atoms with van der Waals surface area (Å²) in [6.45, 7) is 0.793. The Hall–Kier alpha value is 1.65. The van der Waals surface area contributed by atoms with Crippen LogP contribution in [0, 0.1) is 29.1 Å². The first-order chi connectivity index (χ1) is 15.5. The van der Waals surface area contributed by atoms with Crippen molar-refractivity contribution in [1.29, 1.82) is 0 Å². The maximum Gasteiger partial charge on any atom is 1.00 e. The number of ether oxygens (including phenoxy) is 1. The third-order valence-corrected chi connectivity index (χ3v) is 7.78. The van der Waals surface area contributed by atoms with E-state index in [1.807, 2.05) is 0 Å². The van der Waals surface area contributed by atoms with Crippen molar-refractivity contribution in [3.05, 3.63) is 35.4 Å². The summed E-state index contributed by atoms with van der Waals surface area (Å²) < 4.78 is 21.6. The van der Waals surface area contributed by atoms with Crippen molar-refractivity contribution < 1.29 is 162 Å². The summed E-state index contributed by atoms with van der Waals surface area (Å²) in [6, 6.07) is 5.96. The molecule has 4 bridgehead atoms. The summed E-state index contributed by atoms with van der Waals surface area (Å²) in [5, 5.41) is 22.8. The number of aliphatic carboxylic acids is 2. The molecule has 0 heterocycles. The molecule has 0 atom stereocenters. The molecular formula is C23H25Na4O9P. The minimum Gasteiger partial charge on any atom is -0.780 e. The molecule has 0 unspecified atom stereocenters. The number of allylic oxidation sites excluding steroid dienone is 1. The molecule has 0 amide bonds. The van der Waals surface area contributed by atoms with Gasteiger partial charge in [0.1, 0.15) is 19.3 Å². The fourth-order valence-electron chi connectivity index (χ4n) is 5.86. The second kappa shape index (κ2) is 15.8. The third kappa shape index (κ3) is 9.32. The van der Waals surface area contributed by atoms with Crippen molar-refractivity contribution in [2.75, 3.05) is 6.61 Å². The van der Waals surface area contributed by atoms with Crippen molar-refractivity contribution in [1.82, 2.24) is 0 Å². The Labute approximate surface area is 305 Å². The minimum absolute atomic E-state index is 0. The second-order valence-corrected chi connectivity index (χ2v) is 10.7. The summed E-state index contributed by atoms with van der Waals surface area (Å²) >= 11 is 0. The summed E-state index contributed by atoms with van der Waals surface area (Å²) in [7, 11) is -5.26. The molecule has 0 saturated heterocycles. The molecule has 0 spiro atoms. The van der Waals surface area contributed by atoms with Gasteiger partial charge in [0.25, 0.3) is 0 Å². The van der Waals surface area contributed by atoms with E-state index >= 15 is 0 Å². The van der Waals surface area contributed by atoms with Gasteiger partial charge in [-0.05, 0) is 86.8 Å². The van der Waals surface area contributed by atoms with Crippen molar-refractivity contribution in [3.63, 3.8) is 0 Å². The van der Waals surface area contributed by atoms with E-state index in [9.17, 15) is 34.2 Å². The van der Waals surface area contributed by atoms with Crippen LogP contribution in [0.4, 0.5) is 0 Å². The van der Waals surface area contributed by atoms with Crippen molar-refractivity contribution in [2.24, 2.45) is 29.1 Å². The molecule has 0 N–H and O–H groups in total. The molecule has 1 aromatic carbocycles. The zero-order chi connectivity index (χ0) is 24.0. The van der Waals surface area contributed by atoms with Gasteiger partial charge < -0.3 is 43.4 Å². The predicted molar refractivity (Wildman–Crippen MR) is 107 cm³/mol. The Balaban J connectivity index is 0.00000324. The molecule has 4 saturated carbocycles. The Morgan fingerprint density at radius 3 is 1.92 bits per heavy atom. The number of carbonyl (C=O) groups is 2. The standard InChI is InChI=1S/C23H29O9P.4Na/c1-23(21(24)25,22(26)27)5-6-31-20(15-3-2-4-18(12-15)32-33(28,29)30)19-16-8-13-7-14(10-16)11-17(19)9-13;;;;/h2-4,12-14,16-17H,5-11H2,1H3,(H,24,25)(H,26,27)(H2,28,29,30);;;;/q;4*+1/p-4. The molecule has 4 aliphatic carbocycles. The van der Waals surface area contributed by atoms with E-state index in [4.69, 9.17) is 4.74 Å². The molecule has 37 heavy (non-hydrogen) atoms. The van der Waals surface area contributed by atoms with Crippen LogP contribution in [-0.4, -0.2) is 18.5 Å². The Morgan fingerprint density at radius 2 is 1.46 bits per heavy atom. The number of hydrogen-bond donors (Lipinski definition) is 0. The summed E-state index contributed by atoms with van der Waals surface area (Å²) in [5.41, 5.74) is -0.634. The molecule has 5 rings (SSSR count). The zero-order valence-electron chi connectivity index (χ0n) is 22.2. The number of phosphoric acid groups is 1. The molecule has 0 aromatic heterocycles. The van der Waals surface area contributed by atoms with Crippen LogP contribution >= 0.6 is 7.82 Å². The fourth-order valence-corrected chi connectivity index (χ4v) is 6.24. The van der Waals surface area contributed by atoms with E-state index in [0.29, 0.717) is 35.0 Å². The molecule has 14 heteroatoms. The van der Waals surface area contributed by atoms with Crippen LogP contribution in [-0.2, 0) is 18.9 Å². The molecular weight excluding hydrogens is 543 g/mol. The molecule has 4 fully saturated rings. The predicted octanol–water partition coefficient (Wildman–Crippen LogP) is -12.0. The number of carbonyl (C=O) groups excluding carboxylic acids is 2. The van der Waals surface area contributed by atoms with E-state index in [0.717, 1.165) is 38.2 Å². The Morgan fingerprint density at radius 1 is 0.946 bits per heavy atom. The van der Waals surface area contributed by atoms with E-state index in [1.54, 1.807) is 6.07 Å². The minimum atomic E-state index is -5.26. The summed E-state index contributed by atoms with van der Waals surface area (Å²) in [4.78, 5) is 44.9. The van der Waals surface area contributed by atoms with Crippen molar-refractivity contribution in [3.8, 4) is 5.75 Å². The van der Waals surface area contributed by atoms with Crippen LogP contribution in [0.5, 0.6) is 5.75 Å². The van der Waals surface area contributed by atoms with Gasteiger partial charge in [0.15, 0.2) is 0 Å². The number of carboxylic acid groups (broad SMARTS) is 2. The monoisotopic (exact) mass is 568 g/mol. The summed E-state index contributed by atoms with van der Waals surface area (Å²) in [5.74, 6) is -1.28.